The molecule has 2 N–H and O–H groups in total. The number of hydrogen-bond donors (Lipinski definition) is 1. The second-order valence-electron chi connectivity index (χ2n) is 4.23. The molecule has 2 heteroatoms. The number of hydrogen-bond acceptors (Lipinski definition) is 2. The van der Waals surface area contributed by atoms with E-state index < -0.39 is 0 Å². The van der Waals surface area contributed by atoms with Gasteiger partial charge in [0.2, 0.25) is 0 Å². The minimum atomic E-state index is 0.624. The Hall–Kier alpha value is -0.470. The molecule has 1 nitrogen and oxygen atoms in total. The first-order chi connectivity index (χ1) is 7.15. The molecule has 0 saturated carbocycles. The monoisotopic (exact) mass is 223 g/mol. The maximum Gasteiger partial charge on any atom is 0.0189 e. The predicted octanol–water partition coefficient (Wildman–Crippen LogP) is 3.13. The second kappa shape index (κ2) is 6.19. The molecular weight excluding hydrogens is 202 g/mol. The fraction of sp³-hybridized carbons (Fsp3) is 0.538. The van der Waals surface area contributed by atoms with Gasteiger partial charge in [-0.2, -0.15) is 11.8 Å². The number of benzene rings is 1. The molecule has 15 heavy (non-hydrogen) atoms. The lowest BCUT2D eigenvalue weighted by Crippen LogP contribution is -2.12. The zero-order chi connectivity index (χ0) is 11.3. The molecule has 0 bridgehead atoms. The van der Waals surface area contributed by atoms with Gasteiger partial charge in [-0.15, -0.1) is 0 Å². The van der Waals surface area contributed by atoms with Crippen LogP contribution >= 0.6 is 11.8 Å². The fourth-order valence-corrected chi connectivity index (χ4v) is 2.82. The van der Waals surface area contributed by atoms with Crippen molar-refractivity contribution in [3.63, 3.8) is 0 Å². The van der Waals surface area contributed by atoms with Crippen molar-refractivity contribution in [1.82, 2.24) is 0 Å². The summed E-state index contributed by atoms with van der Waals surface area (Å²) in [4.78, 5) is 0. The van der Waals surface area contributed by atoms with E-state index in [0.29, 0.717) is 5.92 Å². The molecule has 0 fully saturated rings. The van der Waals surface area contributed by atoms with Crippen molar-refractivity contribution in [3.05, 3.63) is 34.9 Å². The highest BCUT2D eigenvalue weighted by atomic mass is 32.2. The van der Waals surface area contributed by atoms with Crippen LogP contribution in [0.1, 0.15) is 23.6 Å². The van der Waals surface area contributed by atoms with Crippen molar-refractivity contribution < 1.29 is 0 Å². The van der Waals surface area contributed by atoms with Gasteiger partial charge in [0.05, 0.1) is 0 Å². The van der Waals surface area contributed by atoms with Crippen LogP contribution in [0, 0.1) is 19.8 Å². The average molecular weight is 223 g/mol. The van der Waals surface area contributed by atoms with Crippen molar-refractivity contribution in [2.45, 2.75) is 26.5 Å². The molecule has 0 spiro atoms. The van der Waals surface area contributed by atoms with Crippen molar-refractivity contribution >= 4 is 11.8 Å². The molecule has 0 aliphatic rings. The second-order valence-corrected chi connectivity index (χ2v) is 5.26. The van der Waals surface area contributed by atoms with E-state index in [-0.39, 0.29) is 0 Å². The van der Waals surface area contributed by atoms with Gasteiger partial charge < -0.3 is 5.73 Å². The highest BCUT2D eigenvalue weighted by Crippen LogP contribution is 2.21. The lowest BCUT2D eigenvalue weighted by atomic mass is 10.1. The zero-order valence-electron chi connectivity index (χ0n) is 9.92. The summed E-state index contributed by atoms with van der Waals surface area (Å²) >= 11 is 1.99. The van der Waals surface area contributed by atoms with Gasteiger partial charge in [0.25, 0.3) is 0 Å². The Labute approximate surface area is 97.4 Å². The molecule has 0 aromatic heterocycles. The standard InChI is InChI=1S/C13H21NS/c1-10(7-14)8-15-9-13-11(2)5-4-6-12(13)3/h4-6,10H,7-9,14H2,1-3H3. The number of thioether (sulfide) groups is 1. The molecule has 1 rings (SSSR count). The molecule has 1 atom stereocenters. The summed E-state index contributed by atoms with van der Waals surface area (Å²) in [6, 6.07) is 6.51. The third kappa shape index (κ3) is 3.88. The first-order valence-electron chi connectivity index (χ1n) is 5.48. The third-order valence-corrected chi connectivity index (χ3v) is 3.99. The Balaban J connectivity index is 2.50. The van der Waals surface area contributed by atoms with Gasteiger partial charge in [0, 0.05) is 5.75 Å². The normalized spacial score (nSPS) is 12.8. The minimum Gasteiger partial charge on any atom is -0.330 e. The number of nitrogens with two attached hydrogens (primary N) is 1. The Morgan fingerprint density at radius 2 is 1.87 bits per heavy atom. The smallest absolute Gasteiger partial charge is 0.0189 e. The summed E-state index contributed by atoms with van der Waals surface area (Å²) in [5.41, 5.74) is 9.90. The molecule has 0 radical (unpaired) electrons. The summed E-state index contributed by atoms with van der Waals surface area (Å²) in [7, 11) is 0. The Kier molecular flexibility index (Phi) is 5.20. The van der Waals surface area contributed by atoms with Crippen molar-refractivity contribution in [2.75, 3.05) is 12.3 Å². The maximum absolute atomic E-state index is 5.60. The van der Waals surface area contributed by atoms with Crippen molar-refractivity contribution in [3.8, 4) is 0 Å². The lowest BCUT2D eigenvalue weighted by molar-refractivity contribution is 0.675. The molecule has 84 valence electrons. The van der Waals surface area contributed by atoms with E-state index in [1.165, 1.54) is 16.7 Å². The zero-order valence-corrected chi connectivity index (χ0v) is 10.7. The summed E-state index contributed by atoms with van der Waals surface area (Å²) in [5.74, 6) is 2.90. The topological polar surface area (TPSA) is 26.0 Å². The van der Waals surface area contributed by atoms with Gasteiger partial charge in [-0.05, 0) is 48.8 Å². The van der Waals surface area contributed by atoms with Gasteiger partial charge in [-0.1, -0.05) is 25.1 Å². The van der Waals surface area contributed by atoms with E-state index in [1.54, 1.807) is 0 Å². The summed E-state index contributed by atoms with van der Waals surface area (Å²) in [5, 5.41) is 0. The summed E-state index contributed by atoms with van der Waals surface area (Å²) in [6.45, 7) is 7.38. The van der Waals surface area contributed by atoms with E-state index in [9.17, 15) is 0 Å². The van der Waals surface area contributed by atoms with Crippen LogP contribution in [0.15, 0.2) is 18.2 Å². The van der Waals surface area contributed by atoms with Gasteiger partial charge >= 0.3 is 0 Å². The molecule has 0 saturated heterocycles. The van der Waals surface area contributed by atoms with E-state index in [0.717, 1.165) is 18.1 Å². The molecule has 0 amide bonds. The minimum absolute atomic E-state index is 0.624. The van der Waals surface area contributed by atoms with Crippen LogP contribution in [-0.4, -0.2) is 12.3 Å². The Bertz CT molecular complexity index is 289. The number of rotatable bonds is 5. The fourth-order valence-electron chi connectivity index (χ4n) is 1.51. The van der Waals surface area contributed by atoms with E-state index in [2.05, 4.69) is 39.0 Å². The van der Waals surface area contributed by atoms with Crippen LogP contribution in [-0.2, 0) is 5.75 Å². The van der Waals surface area contributed by atoms with Crippen LogP contribution in [0.25, 0.3) is 0 Å². The Morgan fingerprint density at radius 1 is 1.27 bits per heavy atom. The van der Waals surface area contributed by atoms with Gasteiger partial charge in [-0.25, -0.2) is 0 Å². The predicted molar refractivity (Wildman–Crippen MR) is 70.3 cm³/mol. The first-order valence-corrected chi connectivity index (χ1v) is 6.63. The van der Waals surface area contributed by atoms with Crippen molar-refractivity contribution in [1.29, 1.82) is 0 Å². The van der Waals surface area contributed by atoms with Crippen LogP contribution in [0.4, 0.5) is 0 Å². The average Bonchev–Trinajstić information content (AvgIpc) is 2.22. The molecule has 1 aromatic rings. The maximum atomic E-state index is 5.60. The highest BCUT2D eigenvalue weighted by molar-refractivity contribution is 7.98. The van der Waals surface area contributed by atoms with Gasteiger partial charge in [0.15, 0.2) is 0 Å². The molecule has 0 heterocycles. The van der Waals surface area contributed by atoms with Crippen LogP contribution < -0.4 is 5.73 Å². The molecule has 0 aliphatic heterocycles. The highest BCUT2D eigenvalue weighted by Gasteiger charge is 2.04. The van der Waals surface area contributed by atoms with Gasteiger partial charge in [-0.3, -0.25) is 0 Å². The lowest BCUT2D eigenvalue weighted by Gasteiger charge is -2.11. The third-order valence-electron chi connectivity index (χ3n) is 2.70. The molecule has 1 aromatic carbocycles. The molecule has 1 unspecified atom stereocenters. The van der Waals surface area contributed by atoms with Crippen molar-refractivity contribution in [2.24, 2.45) is 11.7 Å². The van der Waals surface area contributed by atoms with Crippen LogP contribution in [0.5, 0.6) is 0 Å². The van der Waals surface area contributed by atoms with Crippen LogP contribution in [0.2, 0.25) is 0 Å². The number of aryl methyl sites for hydroxylation is 2. The van der Waals surface area contributed by atoms with E-state index in [1.807, 2.05) is 11.8 Å². The SMILES string of the molecule is Cc1cccc(C)c1CSCC(C)CN. The molecule has 0 aliphatic carbocycles. The quantitative estimate of drug-likeness (QED) is 0.830. The van der Waals surface area contributed by atoms with Crippen LogP contribution in [0.3, 0.4) is 0 Å². The first kappa shape index (κ1) is 12.6. The Morgan fingerprint density at radius 3 is 2.40 bits per heavy atom. The summed E-state index contributed by atoms with van der Waals surface area (Å²) in [6.07, 6.45) is 0. The van der Waals surface area contributed by atoms with E-state index >= 15 is 0 Å². The largest absolute Gasteiger partial charge is 0.330 e. The van der Waals surface area contributed by atoms with E-state index in [4.69, 9.17) is 5.73 Å². The molecular formula is C13H21NS. The van der Waals surface area contributed by atoms with Gasteiger partial charge in [0.1, 0.15) is 0 Å². The summed E-state index contributed by atoms with van der Waals surface area (Å²) < 4.78 is 0.